The number of carbonyl (C=O) groups is 2. The minimum atomic E-state index is -0.302. The molecule has 1 aliphatic heterocycles. The molecule has 68 valence electrons. The Kier molecular flexibility index (Phi) is 4.71. The lowest BCUT2D eigenvalue weighted by atomic mass is 10.3. The molecule has 0 saturated carbocycles. The number of aliphatic hydroxyl groups is 1. The zero-order valence-electron chi connectivity index (χ0n) is 6.89. The van der Waals surface area contributed by atoms with Gasteiger partial charge in [-0.15, -0.1) is 0 Å². The molecule has 0 aromatic carbocycles. The van der Waals surface area contributed by atoms with Crippen molar-refractivity contribution in [2.75, 3.05) is 6.61 Å². The van der Waals surface area contributed by atoms with Gasteiger partial charge >= 0.3 is 0 Å². The monoisotopic (exact) mass is 172 g/mol. The molecule has 3 N–H and O–H groups in total. The second kappa shape index (κ2) is 5.31. The summed E-state index contributed by atoms with van der Waals surface area (Å²) in [7, 11) is 0. The predicted molar refractivity (Wildman–Crippen MR) is 42.8 cm³/mol. The number of rotatable bonds is 0. The third kappa shape index (κ3) is 4.45. The second-order valence-electron chi connectivity index (χ2n) is 2.07. The summed E-state index contributed by atoms with van der Waals surface area (Å²) in [6.45, 7) is 5.28. The zero-order chi connectivity index (χ0) is 9.56. The first-order valence-electron chi connectivity index (χ1n) is 3.49. The highest BCUT2D eigenvalue weighted by atomic mass is 16.2. The molecule has 1 rings (SSSR count). The summed E-state index contributed by atoms with van der Waals surface area (Å²) in [5.41, 5.74) is 0. The highest BCUT2D eigenvalue weighted by Crippen LogP contribution is 1.91. The Bertz CT molecular complexity index is 156. The lowest BCUT2D eigenvalue weighted by molar-refractivity contribution is -0.130. The van der Waals surface area contributed by atoms with Gasteiger partial charge in [-0.1, -0.05) is 6.58 Å². The molecular formula is C7H12N2O3. The van der Waals surface area contributed by atoms with E-state index in [0.29, 0.717) is 0 Å². The van der Waals surface area contributed by atoms with Crippen molar-refractivity contribution in [3.63, 3.8) is 0 Å². The molecule has 0 radical (unpaired) electrons. The van der Waals surface area contributed by atoms with E-state index in [-0.39, 0.29) is 30.7 Å². The number of hydrogen-bond acceptors (Lipinski definition) is 3. The first kappa shape index (κ1) is 10.6. The molecule has 1 heterocycles. The standard InChI is InChI=1S/C5H6N2O2.C2H6O/c1-3-6-4(8)2-5(9)7-3;1-2-3/h1-2H2,(H,6,8)(H,7,9);3H,2H2,1H3. The van der Waals surface area contributed by atoms with Gasteiger partial charge in [-0.05, 0) is 6.92 Å². The van der Waals surface area contributed by atoms with E-state index in [1.54, 1.807) is 6.92 Å². The first-order chi connectivity index (χ1) is 5.60. The molecule has 0 spiro atoms. The number of aliphatic hydroxyl groups excluding tert-OH is 1. The van der Waals surface area contributed by atoms with Crippen LogP contribution in [0.2, 0.25) is 0 Å². The number of carbonyl (C=O) groups excluding carboxylic acids is 2. The Morgan fingerprint density at radius 3 is 2.00 bits per heavy atom. The molecule has 0 unspecified atom stereocenters. The van der Waals surface area contributed by atoms with Crippen LogP contribution < -0.4 is 10.6 Å². The van der Waals surface area contributed by atoms with Crippen molar-refractivity contribution < 1.29 is 14.7 Å². The minimum absolute atomic E-state index is 0.0982. The molecule has 5 nitrogen and oxygen atoms in total. The van der Waals surface area contributed by atoms with Gasteiger partial charge in [0, 0.05) is 6.61 Å². The van der Waals surface area contributed by atoms with Crippen molar-refractivity contribution in [3.05, 3.63) is 12.4 Å². The molecule has 1 saturated heterocycles. The summed E-state index contributed by atoms with van der Waals surface area (Å²) in [5.74, 6) is -0.344. The summed E-state index contributed by atoms with van der Waals surface area (Å²) < 4.78 is 0. The van der Waals surface area contributed by atoms with E-state index in [1.165, 1.54) is 0 Å². The van der Waals surface area contributed by atoms with Crippen LogP contribution in [-0.4, -0.2) is 23.5 Å². The van der Waals surface area contributed by atoms with Crippen molar-refractivity contribution in [1.82, 2.24) is 10.6 Å². The SMILES string of the molecule is C=C1NC(=O)CC(=O)N1.CCO. The van der Waals surface area contributed by atoms with E-state index in [4.69, 9.17) is 5.11 Å². The van der Waals surface area contributed by atoms with Crippen molar-refractivity contribution >= 4 is 11.8 Å². The lowest BCUT2D eigenvalue weighted by Crippen LogP contribution is -2.42. The Labute approximate surface area is 70.5 Å². The Balaban J connectivity index is 0.000000354. The normalized spacial score (nSPS) is 15.7. The van der Waals surface area contributed by atoms with E-state index in [9.17, 15) is 9.59 Å². The molecule has 0 aromatic heterocycles. The molecule has 1 aliphatic rings. The van der Waals surface area contributed by atoms with Gasteiger partial charge in [-0.3, -0.25) is 9.59 Å². The highest BCUT2D eigenvalue weighted by molar-refractivity contribution is 6.00. The van der Waals surface area contributed by atoms with Crippen molar-refractivity contribution in [1.29, 1.82) is 0 Å². The topological polar surface area (TPSA) is 78.4 Å². The summed E-state index contributed by atoms with van der Waals surface area (Å²) in [6.07, 6.45) is -0.0982. The van der Waals surface area contributed by atoms with Gasteiger partial charge in [0.1, 0.15) is 12.2 Å². The van der Waals surface area contributed by atoms with E-state index in [0.717, 1.165) is 0 Å². The van der Waals surface area contributed by atoms with E-state index in [2.05, 4.69) is 17.2 Å². The predicted octanol–water partition coefficient (Wildman–Crippen LogP) is -0.908. The summed E-state index contributed by atoms with van der Waals surface area (Å²) in [4.78, 5) is 20.9. The van der Waals surface area contributed by atoms with Gasteiger partial charge < -0.3 is 15.7 Å². The average Bonchev–Trinajstić information content (AvgIpc) is 1.84. The largest absolute Gasteiger partial charge is 0.397 e. The van der Waals surface area contributed by atoms with Crippen LogP contribution in [0.25, 0.3) is 0 Å². The van der Waals surface area contributed by atoms with Gasteiger partial charge in [0.15, 0.2) is 0 Å². The fourth-order valence-corrected chi connectivity index (χ4v) is 0.602. The number of amides is 2. The molecular weight excluding hydrogens is 160 g/mol. The zero-order valence-corrected chi connectivity index (χ0v) is 6.89. The molecule has 1 fully saturated rings. The molecule has 0 aliphatic carbocycles. The summed E-state index contributed by atoms with van der Waals surface area (Å²) in [5, 5.41) is 12.3. The maximum absolute atomic E-state index is 10.5. The number of hydrogen-bond donors (Lipinski definition) is 3. The van der Waals surface area contributed by atoms with Crippen molar-refractivity contribution in [2.24, 2.45) is 0 Å². The minimum Gasteiger partial charge on any atom is -0.397 e. The maximum atomic E-state index is 10.5. The highest BCUT2D eigenvalue weighted by Gasteiger charge is 2.16. The van der Waals surface area contributed by atoms with E-state index < -0.39 is 0 Å². The van der Waals surface area contributed by atoms with Crippen LogP contribution >= 0.6 is 0 Å². The van der Waals surface area contributed by atoms with Crippen LogP contribution in [0.4, 0.5) is 0 Å². The first-order valence-corrected chi connectivity index (χ1v) is 3.49. The molecule has 0 atom stereocenters. The van der Waals surface area contributed by atoms with Gasteiger partial charge in [0.2, 0.25) is 11.8 Å². The van der Waals surface area contributed by atoms with Crippen LogP contribution in [0.3, 0.4) is 0 Å². The molecule has 0 bridgehead atoms. The summed E-state index contributed by atoms with van der Waals surface area (Å²) in [6, 6.07) is 0. The average molecular weight is 172 g/mol. The van der Waals surface area contributed by atoms with E-state index in [1.807, 2.05) is 0 Å². The van der Waals surface area contributed by atoms with Crippen LogP contribution in [0.1, 0.15) is 13.3 Å². The molecule has 5 heteroatoms. The third-order valence-electron chi connectivity index (χ3n) is 0.902. The smallest absolute Gasteiger partial charge is 0.234 e. The quantitative estimate of drug-likeness (QED) is 0.414. The van der Waals surface area contributed by atoms with Crippen LogP contribution in [0.5, 0.6) is 0 Å². The lowest BCUT2D eigenvalue weighted by Gasteiger charge is -2.14. The van der Waals surface area contributed by atoms with Gasteiger partial charge in [-0.2, -0.15) is 0 Å². The van der Waals surface area contributed by atoms with Gasteiger partial charge in [-0.25, -0.2) is 0 Å². The van der Waals surface area contributed by atoms with Gasteiger partial charge in [0.05, 0.1) is 0 Å². The van der Waals surface area contributed by atoms with Gasteiger partial charge in [0.25, 0.3) is 0 Å². The number of nitrogens with one attached hydrogen (secondary N) is 2. The summed E-state index contributed by atoms with van der Waals surface area (Å²) >= 11 is 0. The van der Waals surface area contributed by atoms with Crippen LogP contribution in [0, 0.1) is 0 Å². The third-order valence-corrected chi connectivity index (χ3v) is 0.902. The fourth-order valence-electron chi connectivity index (χ4n) is 0.602. The Morgan fingerprint density at radius 2 is 1.75 bits per heavy atom. The molecule has 2 amide bonds. The van der Waals surface area contributed by atoms with Crippen LogP contribution in [-0.2, 0) is 9.59 Å². The van der Waals surface area contributed by atoms with E-state index >= 15 is 0 Å². The van der Waals surface area contributed by atoms with Crippen molar-refractivity contribution in [2.45, 2.75) is 13.3 Å². The second-order valence-corrected chi connectivity index (χ2v) is 2.07. The van der Waals surface area contributed by atoms with Crippen LogP contribution in [0.15, 0.2) is 12.4 Å². The molecule has 12 heavy (non-hydrogen) atoms. The maximum Gasteiger partial charge on any atom is 0.234 e. The Morgan fingerprint density at radius 1 is 1.42 bits per heavy atom. The Hall–Kier alpha value is -1.36. The molecule has 0 aromatic rings. The van der Waals surface area contributed by atoms with Crippen molar-refractivity contribution in [3.8, 4) is 0 Å². The fraction of sp³-hybridized carbons (Fsp3) is 0.429.